The van der Waals surface area contributed by atoms with Crippen molar-refractivity contribution in [1.82, 2.24) is 16.0 Å². The van der Waals surface area contributed by atoms with Crippen molar-refractivity contribution < 1.29 is 29.0 Å². The monoisotopic (exact) mass is 487 g/mol. The van der Waals surface area contributed by atoms with E-state index in [1.807, 2.05) is 43.3 Å². The Hall–Kier alpha value is -3.20. The lowest BCUT2D eigenvalue weighted by Gasteiger charge is -2.27. The summed E-state index contributed by atoms with van der Waals surface area (Å²) in [7, 11) is 0. The highest BCUT2D eigenvalue weighted by molar-refractivity contribution is 5.92. The summed E-state index contributed by atoms with van der Waals surface area (Å²) in [6.45, 7) is 5.27. The van der Waals surface area contributed by atoms with Crippen LogP contribution in [0, 0.1) is 0 Å². The number of cyclic esters (lactones) is 1. The number of ether oxygens (including phenoxy) is 1. The molecule has 9 nitrogen and oxygen atoms in total. The van der Waals surface area contributed by atoms with Crippen molar-refractivity contribution in [2.75, 3.05) is 0 Å². The second-order valence-electron chi connectivity index (χ2n) is 8.78. The highest BCUT2D eigenvalue weighted by Gasteiger charge is 2.30. The number of carbonyl (C=O) groups is 4. The molecule has 0 unspecified atom stereocenters. The zero-order valence-corrected chi connectivity index (χ0v) is 20.7. The lowest BCUT2D eigenvalue weighted by atomic mass is 9.98. The second kappa shape index (κ2) is 14.3. The summed E-state index contributed by atoms with van der Waals surface area (Å²) in [6, 6.07) is 6.72. The molecule has 1 aromatic rings. The number of benzene rings is 1. The van der Waals surface area contributed by atoms with Gasteiger partial charge in [-0.2, -0.15) is 0 Å². The van der Waals surface area contributed by atoms with Crippen molar-refractivity contribution in [2.45, 2.75) is 89.6 Å². The third-order valence-corrected chi connectivity index (χ3v) is 5.75. The minimum Gasteiger partial charge on any atom is -0.457 e. The Morgan fingerprint density at radius 3 is 2.37 bits per heavy atom. The lowest BCUT2D eigenvalue weighted by molar-refractivity contribution is -0.151. The predicted octanol–water partition coefficient (Wildman–Crippen LogP) is 1.54. The highest BCUT2D eigenvalue weighted by atomic mass is 16.5. The van der Waals surface area contributed by atoms with Gasteiger partial charge in [-0.05, 0) is 37.8 Å². The maximum absolute atomic E-state index is 13.0. The Morgan fingerprint density at radius 2 is 1.71 bits per heavy atom. The summed E-state index contributed by atoms with van der Waals surface area (Å²) in [5.41, 5.74) is 0.865. The van der Waals surface area contributed by atoms with Crippen LogP contribution < -0.4 is 16.0 Å². The topological polar surface area (TPSA) is 134 Å². The van der Waals surface area contributed by atoms with E-state index in [0.717, 1.165) is 18.4 Å². The molecule has 1 aliphatic heterocycles. The third-order valence-electron chi connectivity index (χ3n) is 5.75. The third kappa shape index (κ3) is 9.52. The molecule has 192 valence electrons. The summed E-state index contributed by atoms with van der Waals surface area (Å²) in [5.74, 6) is -2.15. The zero-order valence-electron chi connectivity index (χ0n) is 20.7. The van der Waals surface area contributed by atoms with Gasteiger partial charge in [0.2, 0.25) is 17.7 Å². The fraction of sp³-hybridized carbons (Fsp3) is 0.538. The smallest absolute Gasteiger partial charge is 0.309 e. The van der Waals surface area contributed by atoms with Crippen molar-refractivity contribution >= 4 is 23.7 Å². The molecule has 1 aliphatic rings. The van der Waals surface area contributed by atoms with Crippen LogP contribution in [-0.2, 0) is 30.3 Å². The van der Waals surface area contributed by atoms with Gasteiger partial charge in [-0.25, -0.2) is 0 Å². The highest BCUT2D eigenvalue weighted by Crippen LogP contribution is 2.13. The Balaban J connectivity index is 2.32. The first kappa shape index (κ1) is 28.0. The molecule has 2 rings (SSSR count). The Morgan fingerprint density at radius 1 is 1.00 bits per heavy atom. The molecule has 1 heterocycles. The van der Waals surface area contributed by atoms with Crippen LogP contribution in [0.4, 0.5) is 0 Å². The van der Waals surface area contributed by atoms with Gasteiger partial charge in [0.05, 0.1) is 25.0 Å². The first-order chi connectivity index (χ1) is 16.7. The molecule has 0 saturated carbocycles. The number of nitrogens with one attached hydrogen (secondary N) is 3. The van der Waals surface area contributed by atoms with E-state index in [2.05, 4.69) is 16.0 Å². The van der Waals surface area contributed by atoms with Crippen LogP contribution in [0.25, 0.3) is 0 Å². The van der Waals surface area contributed by atoms with E-state index in [-0.39, 0.29) is 19.3 Å². The Kier molecular flexibility index (Phi) is 11.4. The van der Waals surface area contributed by atoms with E-state index >= 15 is 0 Å². The predicted molar refractivity (Wildman–Crippen MR) is 131 cm³/mol. The summed E-state index contributed by atoms with van der Waals surface area (Å²) in [5, 5.41) is 18.9. The molecule has 1 aromatic carbocycles. The first-order valence-electron chi connectivity index (χ1n) is 12.2. The SMILES string of the molecule is CCC/C=C/[C@@H]1CC(=O)N[C@H](C)C(=O)N[C@H](CC)C(=O)N[C@H](Cc2ccccc2)[C@@H](O)CC(=O)O1. The van der Waals surface area contributed by atoms with Gasteiger partial charge in [-0.3, -0.25) is 19.2 Å². The number of allylic oxidation sites excluding steroid dienone is 1. The van der Waals surface area contributed by atoms with Gasteiger partial charge in [0.15, 0.2) is 0 Å². The standard InChI is InChI=1S/C26H37N3O6/c1-4-6-8-13-19-15-23(31)27-17(3)25(33)28-20(5-2)26(34)29-21(22(30)16-24(32)35-19)14-18-11-9-7-10-12-18/h7-13,17,19-22,30H,4-6,14-16H2,1-3H3,(H,27,31)(H,28,33)(H,29,34)/b13-8+/t17-,19-,20-,21-,22+/m1/s1. The molecular weight excluding hydrogens is 450 g/mol. The number of amides is 3. The second-order valence-corrected chi connectivity index (χ2v) is 8.78. The fourth-order valence-electron chi connectivity index (χ4n) is 3.73. The molecule has 5 atom stereocenters. The Labute approximate surface area is 206 Å². The molecule has 1 saturated heterocycles. The summed E-state index contributed by atoms with van der Waals surface area (Å²) >= 11 is 0. The van der Waals surface area contributed by atoms with Gasteiger partial charge >= 0.3 is 5.97 Å². The number of esters is 1. The largest absolute Gasteiger partial charge is 0.457 e. The lowest BCUT2D eigenvalue weighted by Crippen LogP contribution is -2.55. The molecule has 35 heavy (non-hydrogen) atoms. The molecule has 3 amide bonds. The van der Waals surface area contributed by atoms with Gasteiger partial charge in [0.1, 0.15) is 18.2 Å². The zero-order chi connectivity index (χ0) is 25.8. The molecule has 0 aromatic heterocycles. The number of aliphatic hydroxyl groups is 1. The van der Waals surface area contributed by atoms with Gasteiger partial charge in [0, 0.05) is 0 Å². The number of hydrogen-bond donors (Lipinski definition) is 4. The van der Waals surface area contributed by atoms with E-state index < -0.39 is 54.0 Å². The molecule has 0 bridgehead atoms. The number of unbranched alkanes of at least 4 members (excludes halogenated alkanes) is 1. The fourth-order valence-corrected chi connectivity index (χ4v) is 3.73. The van der Waals surface area contributed by atoms with Gasteiger partial charge < -0.3 is 25.8 Å². The van der Waals surface area contributed by atoms with Crippen molar-refractivity contribution in [2.24, 2.45) is 0 Å². The number of rotatable bonds is 6. The molecule has 0 spiro atoms. The Bertz CT molecular complexity index is 888. The van der Waals surface area contributed by atoms with Crippen molar-refractivity contribution in [1.29, 1.82) is 0 Å². The van der Waals surface area contributed by atoms with E-state index in [1.165, 1.54) is 6.92 Å². The van der Waals surface area contributed by atoms with E-state index in [4.69, 9.17) is 4.74 Å². The van der Waals surface area contributed by atoms with Crippen molar-refractivity contribution in [3.05, 3.63) is 48.0 Å². The van der Waals surface area contributed by atoms with Crippen LogP contribution in [0.1, 0.15) is 58.4 Å². The molecule has 1 fully saturated rings. The maximum atomic E-state index is 13.0. The van der Waals surface area contributed by atoms with E-state index in [0.29, 0.717) is 6.42 Å². The number of carbonyl (C=O) groups excluding carboxylic acids is 4. The minimum absolute atomic E-state index is 0.165. The number of hydrogen-bond acceptors (Lipinski definition) is 6. The van der Waals surface area contributed by atoms with Crippen LogP contribution in [0.5, 0.6) is 0 Å². The normalized spacial score (nSPS) is 27.3. The van der Waals surface area contributed by atoms with Gasteiger partial charge in [-0.1, -0.05) is 56.7 Å². The van der Waals surface area contributed by atoms with Gasteiger partial charge in [0.25, 0.3) is 0 Å². The molecular formula is C26H37N3O6. The molecule has 0 aliphatic carbocycles. The van der Waals surface area contributed by atoms with Crippen molar-refractivity contribution in [3.8, 4) is 0 Å². The quantitative estimate of drug-likeness (QED) is 0.355. The molecule has 9 heteroatoms. The van der Waals surface area contributed by atoms with E-state index in [1.54, 1.807) is 13.0 Å². The van der Waals surface area contributed by atoms with Crippen LogP contribution >= 0.6 is 0 Å². The van der Waals surface area contributed by atoms with Crippen molar-refractivity contribution in [3.63, 3.8) is 0 Å². The summed E-state index contributed by atoms with van der Waals surface area (Å²) in [4.78, 5) is 50.8. The van der Waals surface area contributed by atoms with Crippen LogP contribution in [0.3, 0.4) is 0 Å². The van der Waals surface area contributed by atoms with E-state index in [9.17, 15) is 24.3 Å². The molecule has 4 N–H and O–H groups in total. The average Bonchev–Trinajstić information content (AvgIpc) is 2.81. The summed E-state index contributed by atoms with van der Waals surface area (Å²) < 4.78 is 5.48. The first-order valence-corrected chi connectivity index (χ1v) is 12.2. The van der Waals surface area contributed by atoms with Crippen LogP contribution in [0.15, 0.2) is 42.5 Å². The van der Waals surface area contributed by atoms with Gasteiger partial charge in [-0.15, -0.1) is 0 Å². The maximum Gasteiger partial charge on any atom is 0.309 e. The minimum atomic E-state index is -1.24. The average molecular weight is 488 g/mol. The molecule has 0 radical (unpaired) electrons. The number of aliphatic hydroxyl groups excluding tert-OH is 1. The van der Waals surface area contributed by atoms with Crippen LogP contribution in [-0.4, -0.2) is 59.1 Å². The summed E-state index contributed by atoms with van der Waals surface area (Å²) in [6.07, 6.45) is 3.09. The van der Waals surface area contributed by atoms with Crippen LogP contribution in [0.2, 0.25) is 0 Å².